The monoisotopic (exact) mass is 355 g/mol. The molecule has 1 fully saturated rings. The summed E-state index contributed by atoms with van der Waals surface area (Å²) in [5.41, 5.74) is 0.920. The standard InChI is InChI=1S/C15H22BrN3O2/c1-3-18-8-6-12(7-9-18)11(2)17-15-10-13(19(20)21)4-5-14(15)16/h4-5,10-12,17H,3,6-9H2,1-2H3. The normalized spacial score (nSPS) is 18.4. The zero-order chi connectivity index (χ0) is 15.4. The van der Waals surface area contributed by atoms with Crippen molar-refractivity contribution >= 4 is 27.3 Å². The van der Waals surface area contributed by atoms with E-state index in [9.17, 15) is 10.1 Å². The maximum absolute atomic E-state index is 10.9. The van der Waals surface area contributed by atoms with Gasteiger partial charge in [-0.15, -0.1) is 0 Å². The molecule has 1 aliphatic rings. The molecule has 0 bridgehead atoms. The van der Waals surface area contributed by atoms with E-state index in [4.69, 9.17) is 0 Å². The van der Waals surface area contributed by atoms with Gasteiger partial charge in [-0.05, 0) is 67.3 Å². The highest BCUT2D eigenvalue weighted by Crippen LogP contribution is 2.30. The summed E-state index contributed by atoms with van der Waals surface area (Å²) < 4.78 is 0.867. The summed E-state index contributed by atoms with van der Waals surface area (Å²) in [4.78, 5) is 13.0. The predicted octanol–water partition coefficient (Wildman–Crippen LogP) is 3.89. The van der Waals surface area contributed by atoms with E-state index in [-0.39, 0.29) is 10.6 Å². The Morgan fingerprint density at radius 2 is 2.14 bits per heavy atom. The van der Waals surface area contributed by atoms with E-state index in [1.165, 1.54) is 18.9 Å². The van der Waals surface area contributed by atoms with Crippen LogP contribution in [0.5, 0.6) is 0 Å². The molecule has 1 aromatic rings. The Balaban J connectivity index is 2.01. The first-order chi connectivity index (χ1) is 10.0. The lowest BCUT2D eigenvalue weighted by Gasteiger charge is -2.35. The van der Waals surface area contributed by atoms with Crippen molar-refractivity contribution in [1.29, 1.82) is 0 Å². The number of benzene rings is 1. The van der Waals surface area contributed by atoms with Crippen molar-refractivity contribution in [3.8, 4) is 0 Å². The summed E-state index contributed by atoms with van der Waals surface area (Å²) in [5.74, 6) is 0.610. The number of nitro groups is 1. The quantitative estimate of drug-likeness (QED) is 0.642. The SMILES string of the molecule is CCN1CCC(C(C)Nc2cc([N+](=O)[O-])ccc2Br)CC1. The van der Waals surface area contributed by atoms with E-state index in [1.54, 1.807) is 12.1 Å². The smallest absolute Gasteiger partial charge is 0.271 e. The van der Waals surface area contributed by atoms with E-state index < -0.39 is 0 Å². The summed E-state index contributed by atoms with van der Waals surface area (Å²) in [5, 5.41) is 14.3. The van der Waals surface area contributed by atoms with Gasteiger partial charge in [0.25, 0.3) is 5.69 Å². The van der Waals surface area contributed by atoms with Crippen LogP contribution in [0.15, 0.2) is 22.7 Å². The number of nitrogens with one attached hydrogen (secondary N) is 1. The summed E-state index contributed by atoms with van der Waals surface area (Å²) in [6.07, 6.45) is 2.35. The topological polar surface area (TPSA) is 58.4 Å². The van der Waals surface area contributed by atoms with Gasteiger partial charge in [-0.3, -0.25) is 10.1 Å². The molecule has 1 atom stereocenters. The lowest BCUT2D eigenvalue weighted by Crippen LogP contribution is -2.39. The molecule has 116 valence electrons. The number of non-ortho nitro benzene ring substituents is 1. The van der Waals surface area contributed by atoms with Crippen molar-refractivity contribution in [2.24, 2.45) is 5.92 Å². The number of piperidine rings is 1. The Labute approximate surface area is 134 Å². The number of hydrogen-bond donors (Lipinski definition) is 1. The highest BCUT2D eigenvalue weighted by molar-refractivity contribution is 9.10. The van der Waals surface area contributed by atoms with Crippen LogP contribution in [0.4, 0.5) is 11.4 Å². The average Bonchev–Trinajstić information content (AvgIpc) is 2.49. The van der Waals surface area contributed by atoms with Crippen LogP contribution < -0.4 is 5.32 Å². The molecule has 0 radical (unpaired) electrons. The van der Waals surface area contributed by atoms with Crippen LogP contribution in [0, 0.1) is 16.0 Å². The maximum Gasteiger partial charge on any atom is 0.271 e. The van der Waals surface area contributed by atoms with Crippen LogP contribution in [-0.2, 0) is 0 Å². The Kier molecular flexibility index (Phi) is 5.58. The number of anilines is 1. The molecule has 0 aliphatic carbocycles. The Bertz CT molecular complexity index is 502. The Morgan fingerprint density at radius 1 is 1.48 bits per heavy atom. The summed E-state index contributed by atoms with van der Waals surface area (Å²) in [6, 6.07) is 5.15. The number of hydrogen-bond acceptors (Lipinski definition) is 4. The highest BCUT2D eigenvalue weighted by Gasteiger charge is 2.23. The minimum Gasteiger partial charge on any atom is -0.381 e. The van der Waals surface area contributed by atoms with Crippen LogP contribution in [0.2, 0.25) is 0 Å². The van der Waals surface area contributed by atoms with E-state index in [0.29, 0.717) is 12.0 Å². The Morgan fingerprint density at radius 3 is 2.71 bits per heavy atom. The summed E-state index contributed by atoms with van der Waals surface area (Å²) in [6.45, 7) is 7.76. The molecule has 0 spiro atoms. The third kappa shape index (κ3) is 4.17. The summed E-state index contributed by atoms with van der Waals surface area (Å²) >= 11 is 3.46. The largest absolute Gasteiger partial charge is 0.381 e. The van der Waals surface area contributed by atoms with Crippen molar-refractivity contribution in [2.45, 2.75) is 32.7 Å². The first-order valence-corrected chi connectivity index (χ1v) is 8.23. The van der Waals surface area contributed by atoms with Gasteiger partial charge in [-0.1, -0.05) is 6.92 Å². The zero-order valence-corrected chi connectivity index (χ0v) is 14.1. The van der Waals surface area contributed by atoms with Crippen molar-refractivity contribution in [2.75, 3.05) is 25.0 Å². The van der Waals surface area contributed by atoms with Crippen molar-refractivity contribution < 1.29 is 4.92 Å². The first kappa shape index (κ1) is 16.2. The number of nitro benzene ring substituents is 1. The second-order valence-electron chi connectivity index (χ2n) is 5.63. The summed E-state index contributed by atoms with van der Waals surface area (Å²) in [7, 11) is 0. The van der Waals surface area contributed by atoms with Gasteiger partial charge < -0.3 is 10.2 Å². The number of likely N-dealkylation sites (tertiary alicyclic amines) is 1. The molecule has 1 aliphatic heterocycles. The van der Waals surface area contributed by atoms with Gasteiger partial charge in [0.15, 0.2) is 0 Å². The first-order valence-electron chi connectivity index (χ1n) is 7.44. The molecule has 0 amide bonds. The molecular weight excluding hydrogens is 334 g/mol. The van der Waals surface area contributed by atoms with E-state index in [2.05, 4.69) is 40.0 Å². The molecule has 1 heterocycles. The maximum atomic E-state index is 10.9. The molecule has 6 heteroatoms. The van der Waals surface area contributed by atoms with Crippen LogP contribution in [0.25, 0.3) is 0 Å². The predicted molar refractivity (Wildman–Crippen MR) is 88.7 cm³/mol. The average molecular weight is 356 g/mol. The molecule has 5 nitrogen and oxygen atoms in total. The molecule has 1 saturated heterocycles. The molecule has 21 heavy (non-hydrogen) atoms. The number of nitrogens with zero attached hydrogens (tertiary/aromatic N) is 2. The van der Waals surface area contributed by atoms with Gasteiger partial charge in [0, 0.05) is 22.6 Å². The fraction of sp³-hybridized carbons (Fsp3) is 0.600. The van der Waals surface area contributed by atoms with Crippen molar-refractivity contribution in [3.63, 3.8) is 0 Å². The lowest BCUT2D eigenvalue weighted by molar-refractivity contribution is -0.384. The second-order valence-corrected chi connectivity index (χ2v) is 6.48. The second kappa shape index (κ2) is 7.22. The lowest BCUT2D eigenvalue weighted by atomic mass is 9.90. The van der Waals surface area contributed by atoms with Gasteiger partial charge in [0.1, 0.15) is 0 Å². The van der Waals surface area contributed by atoms with E-state index in [1.807, 2.05) is 0 Å². The molecular formula is C15H22BrN3O2. The van der Waals surface area contributed by atoms with Crippen LogP contribution in [-0.4, -0.2) is 35.5 Å². The molecule has 1 N–H and O–H groups in total. The number of rotatable bonds is 5. The van der Waals surface area contributed by atoms with Crippen molar-refractivity contribution in [3.05, 3.63) is 32.8 Å². The minimum atomic E-state index is -0.359. The third-order valence-electron chi connectivity index (χ3n) is 4.33. The van der Waals surface area contributed by atoms with Gasteiger partial charge in [0.05, 0.1) is 10.6 Å². The van der Waals surface area contributed by atoms with Crippen LogP contribution in [0.3, 0.4) is 0 Å². The van der Waals surface area contributed by atoms with Gasteiger partial charge in [-0.2, -0.15) is 0 Å². The minimum absolute atomic E-state index is 0.119. The highest BCUT2D eigenvalue weighted by atomic mass is 79.9. The Hall–Kier alpha value is -1.14. The van der Waals surface area contributed by atoms with Gasteiger partial charge in [-0.25, -0.2) is 0 Å². The van der Waals surface area contributed by atoms with Crippen molar-refractivity contribution in [1.82, 2.24) is 4.90 Å². The molecule has 2 rings (SSSR count). The van der Waals surface area contributed by atoms with Gasteiger partial charge in [0.2, 0.25) is 0 Å². The fourth-order valence-electron chi connectivity index (χ4n) is 2.87. The van der Waals surface area contributed by atoms with Crippen LogP contribution in [0.1, 0.15) is 26.7 Å². The van der Waals surface area contributed by atoms with Crippen LogP contribution >= 0.6 is 15.9 Å². The molecule has 0 aromatic heterocycles. The fourth-order valence-corrected chi connectivity index (χ4v) is 3.23. The van der Waals surface area contributed by atoms with Gasteiger partial charge >= 0.3 is 0 Å². The third-order valence-corrected chi connectivity index (χ3v) is 5.02. The molecule has 0 saturated carbocycles. The molecule has 1 aromatic carbocycles. The van der Waals surface area contributed by atoms with E-state index >= 15 is 0 Å². The number of halogens is 1. The van der Waals surface area contributed by atoms with E-state index in [0.717, 1.165) is 29.8 Å². The zero-order valence-electron chi connectivity index (χ0n) is 12.5. The molecule has 1 unspecified atom stereocenters.